The summed E-state index contributed by atoms with van der Waals surface area (Å²) in [6.07, 6.45) is 0. The first-order valence-corrected chi connectivity index (χ1v) is 3.42. The van der Waals surface area contributed by atoms with Crippen LogP contribution in [-0.2, 0) is 5.11 Å². The Balaban J connectivity index is 2.85. The van der Waals surface area contributed by atoms with Crippen molar-refractivity contribution < 1.29 is 5.11 Å². The molecule has 1 nitrogen and oxygen atoms in total. The fourth-order valence-corrected chi connectivity index (χ4v) is 0.843. The SMILES string of the molecule is [O]CC(=S)c1ccccc1. The summed E-state index contributed by atoms with van der Waals surface area (Å²) in [6, 6.07) is 9.34. The molecule has 0 aromatic heterocycles. The molecule has 1 aromatic rings. The Morgan fingerprint density at radius 3 is 2.40 bits per heavy atom. The monoisotopic (exact) mass is 151 g/mol. The maximum Gasteiger partial charge on any atom is 0.118 e. The van der Waals surface area contributed by atoms with E-state index in [-0.39, 0.29) is 6.61 Å². The molecule has 51 valence electrons. The lowest BCUT2D eigenvalue weighted by molar-refractivity contribution is 0.247. The molecule has 0 amide bonds. The molecule has 1 rings (SSSR count). The minimum atomic E-state index is -0.292. The highest BCUT2D eigenvalue weighted by Crippen LogP contribution is 1.99. The molecule has 0 fully saturated rings. The largest absolute Gasteiger partial charge is 0.231 e. The van der Waals surface area contributed by atoms with Crippen molar-refractivity contribution in [2.45, 2.75) is 0 Å². The van der Waals surface area contributed by atoms with Crippen molar-refractivity contribution in [3.63, 3.8) is 0 Å². The summed E-state index contributed by atoms with van der Waals surface area (Å²) in [5, 5.41) is 10.3. The van der Waals surface area contributed by atoms with Crippen LogP contribution in [-0.4, -0.2) is 11.5 Å². The molecular weight excluding hydrogens is 144 g/mol. The van der Waals surface area contributed by atoms with Crippen molar-refractivity contribution in [1.29, 1.82) is 0 Å². The fourth-order valence-electron chi connectivity index (χ4n) is 0.707. The minimum absolute atomic E-state index is 0.292. The molecule has 0 atom stereocenters. The highest BCUT2D eigenvalue weighted by atomic mass is 32.1. The van der Waals surface area contributed by atoms with E-state index in [0.717, 1.165) is 5.56 Å². The van der Waals surface area contributed by atoms with Gasteiger partial charge >= 0.3 is 0 Å². The Kier molecular flexibility index (Phi) is 2.54. The molecule has 2 heteroatoms. The van der Waals surface area contributed by atoms with Crippen molar-refractivity contribution in [2.75, 3.05) is 6.61 Å². The molecule has 0 aliphatic carbocycles. The molecule has 0 saturated heterocycles. The molecule has 1 radical (unpaired) electrons. The lowest BCUT2D eigenvalue weighted by Gasteiger charge is -1.95. The van der Waals surface area contributed by atoms with E-state index < -0.39 is 0 Å². The maximum atomic E-state index is 10.3. The van der Waals surface area contributed by atoms with Crippen LogP contribution in [0.1, 0.15) is 5.56 Å². The molecular formula is C8H7OS. The summed E-state index contributed by atoms with van der Waals surface area (Å²) in [7, 11) is 0. The molecule has 0 heterocycles. The van der Waals surface area contributed by atoms with Gasteiger partial charge in [0, 0.05) is 0 Å². The van der Waals surface area contributed by atoms with Gasteiger partial charge in [-0.05, 0) is 5.56 Å². The number of hydrogen-bond acceptors (Lipinski definition) is 1. The zero-order valence-electron chi connectivity index (χ0n) is 5.41. The highest BCUT2D eigenvalue weighted by Gasteiger charge is 1.96. The van der Waals surface area contributed by atoms with E-state index in [1.54, 1.807) is 0 Å². The van der Waals surface area contributed by atoms with E-state index in [4.69, 9.17) is 12.2 Å². The van der Waals surface area contributed by atoms with Crippen molar-refractivity contribution >= 4 is 17.1 Å². The van der Waals surface area contributed by atoms with Crippen molar-refractivity contribution in [2.24, 2.45) is 0 Å². The van der Waals surface area contributed by atoms with Gasteiger partial charge in [0.2, 0.25) is 0 Å². The van der Waals surface area contributed by atoms with E-state index in [0.29, 0.717) is 4.86 Å². The fraction of sp³-hybridized carbons (Fsp3) is 0.125. The van der Waals surface area contributed by atoms with Crippen LogP contribution in [0.4, 0.5) is 0 Å². The third-order valence-electron chi connectivity index (χ3n) is 1.23. The zero-order valence-corrected chi connectivity index (χ0v) is 6.23. The van der Waals surface area contributed by atoms with Crippen LogP contribution in [0, 0.1) is 0 Å². The topological polar surface area (TPSA) is 19.9 Å². The third-order valence-corrected chi connectivity index (χ3v) is 1.58. The van der Waals surface area contributed by atoms with Gasteiger partial charge in [0.25, 0.3) is 0 Å². The van der Waals surface area contributed by atoms with Gasteiger partial charge in [-0.15, -0.1) is 0 Å². The second kappa shape index (κ2) is 3.44. The van der Waals surface area contributed by atoms with Gasteiger partial charge < -0.3 is 0 Å². The first kappa shape index (κ1) is 7.38. The normalized spacial score (nSPS) is 9.30. The quantitative estimate of drug-likeness (QED) is 0.466. The Labute approximate surface area is 65.3 Å². The van der Waals surface area contributed by atoms with Gasteiger partial charge in [0.15, 0.2) is 0 Å². The second-order valence-corrected chi connectivity index (χ2v) is 2.43. The Morgan fingerprint density at radius 1 is 1.30 bits per heavy atom. The zero-order chi connectivity index (χ0) is 7.40. The van der Waals surface area contributed by atoms with Gasteiger partial charge in [0.1, 0.15) is 6.61 Å². The van der Waals surface area contributed by atoms with Gasteiger partial charge in [-0.3, -0.25) is 0 Å². The van der Waals surface area contributed by atoms with Crippen LogP contribution in [0.5, 0.6) is 0 Å². The molecule has 10 heavy (non-hydrogen) atoms. The van der Waals surface area contributed by atoms with E-state index in [1.807, 2.05) is 30.3 Å². The van der Waals surface area contributed by atoms with Crippen LogP contribution in [0.3, 0.4) is 0 Å². The van der Waals surface area contributed by atoms with Crippen LogP contribution < -0.4 is 0 Å². The number of hydrogen-bond donors (Lipinski definition) is 0. The summed E-state index contributed by atoms with van der Waals surface area (Å²) < 4.78 is 0. The molecule has 0 saturated carbocycles. The predicted molar refractivity (Wildman–Crippen MR) is 43.7 cm³/mol. The van der Waals surface area contributed by atoms with Crippen molar-refractivity contribution in [3.05, 3.63) is 35.9 Å². The van der Waals surface area contributed by atoms with Crippen molar-refractivity contribution in [1.82, 2.24) is 0 Å². The molecule has 0 bridgehead atoms. The first-order chi connectivity index (χ1) is 4.84. The van der Waals surface area contributed by atoms with Gasteiger partial charge in [-0.2, -0.15) is 0 Å². The van der Waals surface area contributed by atoms with Crippen LogP contribution in [0.15, 0.2) is 30.3 Å². The van der Waals surface area contributed by atoms with E-state index >= 15 is 0 Å². The van der Waals surface area contributed by atoms with E-state index in [2.05, 4.69) is 0 Å². The standard InChI is InChI=1S/C8H7OS/c9-6-8(10)7-4-2-1-3-5-7/h1-5H,6H2. The Bertz CT molecular complexity index is 218. The van der Waals surface area contributed by atoms with Gasteiger partial charge in [0.05, 0.1) is 4.86 Å². The second-order valence-electron chi connectivity index (χ2n) is 1.93. The Morgan fingerprint density at radius 2 is 1.90 bits per heavy atom. The summed E-state index contributed by atoms with van der Waals surface area (Å²) in [6.45, 7) is -0.292. The Hall–Kier alpha value is -0.730. The number of thiocarbonyl (C=S) groups is 1. The predicted octanol–water partition coefficient (Wildman–Crippen LogP) is 1.84. The summed E-state index contributed by atoms with van der Waals surface area (Å²) in [4.78, 5) is 0.487. The third kappa shape index (κ3) is 1.62. The first-order valence-electron chi connectivity index (χ1n) is 3.01. The van der Waals surface area contributed by atoms with Gasteiger partial charge in [-0.25, -0.2) is 5.11 Å². The van der Waals surface area contributed by atoms with Gasteiger partial charge in [-0.1, -0.05) is 42.5 Å². The lowest BCUT2D eigenvalue weighted by Crippen LogP contribution is -2.00. The molecule has 0 unspecified atom stereocenters. The lowest BCUT2D eigenvalue weighted by atomic mass is 10.2. The minimum Gasteiger partial charge on any atom is -0.231 e. The average molecular weight is 151 g/mol. The number of benzene rings is 1. The number of rotatable bonds is 2. The maximum absolute atomic E-state index is 10.3. The summed E-state index contributed by atoms with van der Waals surface area (Å²) in [5.74, 6) is 0. The van der Waals surface area contributed by atoms with Crippen LogP contribution in [0.2, 0.25) is 0 Å². The van der Waals surface area contributed by atoms with Crippen LogP contribution >= 0.6 is 12.2 Å². The molecule has 0 aliphatic heterocycles. The molecule has 0 aliphatic rings. The highest BCUT2D eigenvalue weighted by molar-refractivity contribution is 7.80. The summed E-state index contributed by atoms with van der Waals surface area (Å²) in [5.41, 5.74) is 0.868. The molecule has 1 aromatic carbocycles. The van der Waals surface area contributed by atoms with Crippen molar-refractivity contribution in [3.8, 4) is 0 Å². The smallest absolute Gasteiger partial charge is 0.118 e. The van der Waals surface area contributed by atoms with E-state index in [1.165, 1.54) is 0 Å². The molecule has 0 N–H and O–H groups in total. The summed E-state index contributed by atoms with van der Waals surface area (Å²) >= 11 is 4.81. The molecule has 0 spiro atoms. The van der Waals surface area contributed by atoms with E-state index in [9.17, 15) is 5.11 Å². The van der Waals surface area contributed by atoms with Crippen LogP contribution in [0.25, 0.3) is 0 Å². The average Bonchev–Trinajstić information content (AvgIpc) is 2.05.